The quantitative estimate of drug-likeness (QED) is 0.777. The highest BCUT2D eigenvalue weighted by Crippen LogP contribution is 2.20. The molecule has 0 spiro atoms. The van der Waals surface area contributed by atoms with E-state index in [2.05, 4.69) is 0 Å². The van der Waals surface area contributed by atoms with Gasteiger partial charge in [0.25, 0.3) is 0 Å². The molecule has 0 amide bonds. The number of hydrogen-bond acceptors (Lipinski definition) is 3. The smallest absolute Gasteiger partial charge is 0.163 e. The van der Waals surface area contributed by atoms with Crippen molar-refractivity contribution in [1.82, 2.24) is 0 Å². The average Bonchev–Trinajstić information content (AvgIpc) is 2.45. The number of ketones is 2. The lowest BCUT2D eigenvalue weighted by molar-refractivity contribution is 0.100. The summed E-state index contributed by atoms with van der Waals surface area (Å²) in [5.74, 6) is 0.558. The molecule has 20 heavy (non-hydrogen) atoms. The van der Waals surface area contributed by atoms with E-state index in [4.69, 9.17) is 4.74 Å². The van der Waals surface area contributed by atoms with E-state index < -0.39 is 0 Å². The van der Waals surface area contributed by atoms with Crippen LogP contribution in [0.2, 0.25) is 0 Å². The Hall–Kier alpha value is -2.42. The van der Waals surface area contributed by atoms with Crippen LogP contribution in [0.25, 0.3) is 0 Å². The van der Waals surface area contributed by atoms with Crippen molar-refractivity contribution in [2.45, 2.75) is 20.5 Å². The molecule has 0 heterocycles. The Morgan fingerprint density at radius 2 is 1.70 bits per heavy atom. The molecule has 0 unspecified atom stereocenters. The van der Waals surface area contributed by atoms with Crippen molar-refractivity contribution in [3.8, 4) is 5.75 Å². The van der Waals surface area contributed by atoms with Crippen molar-refractivity contribution in [3.05, 3.63) is 65.2 Å². The largest absolute Gasteiger partial charge is 0.488 e. The van der Waals surface area contributed by atoms with Crippen molar-refractivity contribution in [2.75, 3.05) is 0 Å². The van der Waals surface area contributed by atoms with Crippen LogP contribution < -0.4 is 4.74 Å². The van der Waals surface area contributed by atoms with Gasteiger partial charge in [0, 0.05) is 5.56 Å². The minimum atomic E-state index is -0.0295. The van der Waals surface area contributed by atoms with Gasteiger partial charge in [-0.15, -0.1) is 0 Å². The molecule has 2 aromatic rings. The molecule has 0 saturated heterocycles. The van der Waals surface area contributed by atoms with E-state index in [0.717, 1.165) is 5.56 Å². The van der Waals surface area contributed by atoms with Crippen LogP contribution in [0.1, 0.15) is 40.1 Å². The maximum atomic E-state index is 11.5. The van der Waals surface area contributed by atoms with Gasteiger partial charge in [0.15, 0.2) is 11.6 Å². The SMILES string of the molecule is CC(=O)c1cccc(COc2ccccc2C(C)=O)c1. The zero-order valence-corrected chi connectivity index (χ0v) is 11.6. The lowest BCUT2D eigenvalue weighted by Gasteiger charge is -2.10. The number of rotatable bonds is 5. The molecule has 0 aliphatic heterocycles. The van der Waals surface area contributed by atoms with Crippen LogP contribution in [0.15, 0.2) is 48.5 Å². The first-order valence-electron chi connectivity index (χ1n) is 6.40. The first-order chi connectivity index (χ1) is 9.58. The molecule has 0 aromatic heterocycles. The van der Waals surface area contributed by atoms with Gasteiger partial charge in [-0.05, 0) is 37.6 Å². The Kier molecular flexibility index (Phi) is 4.31. The third-order valence-corrected chi connectivity index (χ3v) is 2.99. The summed E-state index contributed by atoms with van der Waals surface area (Å²) in [5.41, 5.74) is 2.12. The molecule has 102 valence electrons. The topological polar surface area (TPSA) is 43.4 Å². The van der Waals surface area contributed by atoms with Crippen molar-refractivity contribution in [3.63, 3.8) is 0 Å². The third-order valence-electron chi connectivity index (χ3n) is 2.99. The lowest BCUT2D eigenvalue weighted by Crippen LogP contribution is -2.02. The van der Waals surface area contributed by atoms with Crippen LogP contribution in [0, 0.1) is 0 Å². The second-order valence-corrected chi connectivity index (χ2v) is 4.60. The molecule has 0 bridgehead atoms. The number of carbonyl (C=O) groups is 2. The molecule has 2 rings (SSSR count). The maximum absolute atomic E-state index is 11.5. The van der Waals surface area contributed by atoms with Gasteiger partial charge in [-0.1, -0.05) is 30.3 Å². The fourth-order valence-corrected chi connectivity index (χ4v) is 1.92. The molecule has 2 aromatic carbocycles. The minimum Gasteiger partial charge on any atom is -0.488 e. The standard InChI is InChI=1S/C17H16O3/c1-12(18)15-7-5-6-14(10-15)11-20-17-9-4-3-8-16(17)13(2)19/h3-10H,11H2,1-2H3. The predicted octanol–water partition coefficient (Wildman–Crippen LogP) is 3.67. The molecule has 0 aliphatic rings. The highest BCUT2D eigenvalue weighted by Gasteiger charge is 2.08. The Morgan fingerprint density at radius 1 is 0.950 bits per heavy atom. The van der Waals surface area contributed by atoms with E-state index in [1.807, 2.05) is 18.2 Å². The molecular weight excluding hydrogens is 252 g/mol. The van der Waals surface area contributed by atoms with E-state index in [1.165, 1.54) is 13.8 Å². The highest BCUT2D eigenvalue weighted by molar-refractivity contribution is 5.96. The van der Waals surface area contributed by atoms with Crippen LogP contribution in [0.5, 0.6) is 5.75 Å². The summed E-state index contributed by atoms with van der Waals surface area (Å²) in [6.45, 7) is 3.37. The number of ether oxygens (including phenoxy) is 1. The van der Waals surface area contributed by atoms with E-state index in [0.29, 0.717) is 23.5 Å². The summed E-state index contributed by atoms with van der Waals surface area (Å²) in [6.07, 6.45) is 0. The number of para-hydroxylation sites is 1. The number of hydrogen-bond donors (Lipinski definition) is 0. The first-order valence-corrected chi connectivity index (χ1v) is 6.40. The van der Waals surface area contributed by atoms with Crippen LogP contribution in [-0.2, 0) is 6.61 Å². The summed E-state index contributed by atoms with van der Waals surface area (Å²) >= 11 is 0. The van der Waals surface area contributed by atoms with E-state index >= 15 is 0 Å². The molecule has 0 atom stereocenters. The summed E-state index contributed by atoms with van der Waals surface area (Å²) in [7, 11) is 0. The van der Waals surface area contributed by atoms with E-state index in [9.17, 15) is 9.59 Å². The maximum Gasteiger partial charge on any atom is 0.163 e. The molecule has 0 saturated carbocycles. The van der Waals surface area contributed by atoms with Gasteiger partial charge in [0.2, 0.25) is 0 Å². The highest BCUT2D eigenvalue weighted by atomic mass is 16.5. The fraction of sp³-hybridized carbons (Fsp3) is 0.176. The average molecular weight is 268 g/mol. The second-order valence-electron chi connectivity index (χ2n) is 4.60. The van der Waals surface area contributed by atoms with Gasteiger partial charge in [-0.3, -0.25) is 9.59 Å². The van der Waals surface area contributed by atoms with Gasteiger partial charge >= 0.3 is 0 Å². The number of Topliss-reactive ketones (excluding diaryl/α,β-unsaturated/α-hetero) is 2. The summed E-state index contributed by atoms with van der Waals surface area (Å²) in [6, 6.07) is 14.4. The first kappa shape index (κ1) is 14.0. The van der Waals surface area contributed by atoms with E-state index in [1.54, 1.807) is 30.3 Å². The molecule has 0 radical (unpaired) electrons. The van der Waals surface area contributed by atoms with Gasteiger partial charge in [-0.25, -0.2) is 0 Å². The Morgan fingerprint density at radius 3 is 2.40 bits per heavy atom. The van der Waals surface area contributed by atoms with Crippen molar-refractivity contribution in [1.29, 1.82) is 0 Å². The monoisotopic (exact) mass is 268 g/mol. The van der Waals surface area contributed by atoms with Crippen LogP contribution in [0.3, 0.4) is 0 Å². The minimum absolute atomic E-state index is 0.0241. The predicted molar refractivity (Wildman–Crippen MR) is 77.2 cm³/mol. The Bertz CT molecular complexity index is 644. The van der Waals surface area contributed by atoms with Crippen LogP contribution in [-0.4, -0.2) is 11.6 Å². The Balaban J connectivity index is 2.15. The van der Waals surface area contributed by atoms with Crippen molar-refractivity contribution < 1.29 is 14.3 Å². The van der Waals surface area contributed by atoms with Gasteiger partial charge in [-0.2, -0.15) is 0 Å². The van der Waals surface area contributed by atoms with Crippen molar-refractivity contribution >= 4 is 11.6 Å². The number of carbonyl (C=O) groups excluding carboxylic acids is 2. The van der Waals surface area contributed by atoms with Gasteiger partial charge in [0.1, 0.15) is 12.4 Å². The molecule has 0 fully saturated rings. The fourth-order valence-electron chi connectivity index (χ4n) is 1.92. The molecule has 3 heteroatoms. The van der Waals surface area contributed by atoms with Crippen molar-refractivity contribution in [2.24, 2.45) is 0 Å². The zero-order chi connectivity index (χ0) is 14.5. The van der Waals surface area contributed by atoms with Gasteiger partial charge < -0.3 is 4.74 Å². The molecule has 0 N–H and O–H groups in total. The lowest BCUT2D eigenvalue weighted by atomic mass is 10.1. The second kappa shape index (κ2) is 6.15. The number of benzene rings is 2. The van der Waals surface area contributed by atoms with Gasteiger partial charge in [0.05, 0.1) is 5.56 Å². The Labute approximate surface area is 118 Å². The summed E-state index contributed by atoms with van der Waals surface area (Å²) < 4.78 is 5.69. The van der Waals surface area contributed by atoms with Crippen LogP contribution in [0.4, 0.5) is 0 Å². The zero-order valence-electron chi connectivity index (χ0n) is 11.6. The summed E-state index contributed by atoms with van der Waals surface area (Å²) in [5, 5.41) is 0. The molecular formula is C17H16O3. The van der Waals surface area contributed by atoms with E-state index in [-0.39, 0.29) is 11.6 Å². The molecule has 0 aliphatic carbocycles. The van der Waals surface area contributed by atoms with Crippen LogP contribution >= 0.6 is 0 Å². The summed E-state index contributed by atoms with van der Waals surface area (Å²) in [4.78, 5) is 22.8. The molecule has 3 nitrogen and oxygen atoms in total. The normalized spacial score (nSPS) is 10.1. The third kappa shape index (κ3) is 3.32.